The van der Waals surface area contributed by atoms with E-state index in [0.717, 1.165) is 5.56 Å². The molecule has 1 aromatic rings. The summed E-state index contributed by atoms with van der Waals surface area (Å²) in [4.78, 5) is 36.6. The van der Waals surface area contributed by atoms with Crippen LogP contribution < -0.4 is 10.6 Å². The molecule has 0 aliphatic rings. The molecule has 3 N–H and O–H groups in total. The van der Waals surface area contributed by atoms with Crippen LogP contribution in [0.5, 0.6) is 0 Å². The van der Waals surface area contributed by atoms with Gasteiger partial charge in [-0.25, -0.2) is 0 Å². The maximum atomic E-state index is 12.6. The standard InChI is InChI=1S/C20H29N3O4/c1-14(2)18(23(4)19(26)11-21-13-25)10-15(3)20(27)22-17(12-24)16-8-6-5-7-9-16/h5-10,13-14,17-18,24H,11-12H2,1-4H3,(H,21,25)(H,22,27)/t17-,18+/m0/s1. The van der Waals surface area contributed by atoms with Gasteiger partial charge in [0.1, 0.15) is 0 Å². The smallest absolute Gasteiger partial charge is 0.247 e. The summed E-state index contributed by atoms with van der Waals surface area (Å²) in [5.74, 6) is -0.487. The van der Waals surface area contributed by atoms with Gasteiger partial charge in [0.05, 0.1) is 25.2 Å². The fourth-order valence-electron chi connectivity index (χ4n) is 2.70. The molecule has 0 saturated heterocycles. The van der Waals surface area contributed by atoms with E-state index in [1.807, 2.05) is 44.2 Å². The molecule has 27 heavy (non-hydrogen) atoms. The second-order valence-corrected chi connectivity index (χ2v) is 6.71. The highest BCUT2D eigenvalue weighted by Crippen LogP contribution is 2.16. The van der Waals surface area contributed by atoms with Crippen LogP contribution in [0.15, 0.2) is 42.0 Å². The molecule has 1 aromatic carbocycles. The molecule has 0 spiro atoms. The van der Waals surface area contributed by atoms with Crippen molar-refractivity contribution in [3.63, 3.8) is 0 Å². The van der Waals surface area contributed by atoms with Crippen molar-refractivity contribution in [1.82, 2.24) is 15.5 Å². The highest BCUT2D eigenvalue weighted by Gasteiger charge is 2.23. The number of carbonyl (C=O) groups is 3. The molecule has 7 heteroatoms. The Labute approximate surface area is 160 Å². The number of benzene rings is 1. The van der Waals surface area contributed by atoms with Crippen LogP contribution in [0, 0.1) is 5.92 Å². The molecule has 1 rings (SSSR count). The molecular weight excluding hydrogens is 346 g/mol. The van der Waals surface area contributed by atoms with Crippen LogP contribution in [0.4, 0.5) is 0 Å². The predicted octanol–water partition coefficient (Wildman–Crippen LogP) is 1.01. The van der Waals surface area contributed by atoms with E-state index in [0.29, 0.717) is 12.0 Å². The van der Waals surface area contributed by atoms with Gasteiger partial charge in [-0.3, -0.25) is 14.4 Å². The van der Waals surface area contributed by atoms with E-state index >= 15 is 0 Å². The number of nitrogens with one attached hydrogen (secondary N) is 2. The Morgan fingerprint density at radius 1 is 1.22 bits per heavy atom. The fourth-order valence-corrected chi connectivity index (χ4v) is 2.70. The summed E-state index contributed by atoms with van der Waals surface area (Å²) in [7, 11) is 1.64. The monoisotopic (exact) mass is 375 g/mol. The molecular formula is C20H29N3O4. The van der Waals surface area contributed by atoms with Gasteiger partial charge in [0.25, 0.3) is 0 Å². The summed E-state index contributed by atoms with van der Waals surface area (Å²) >= 11 is 0. The number of hydrogen-bond acceptors (Lipinski definition) is 4. The number of rotatable bonds is 10. The highest BCUT2D eigenvalue weighted by molar-refractivity contribution is 5.93. The number of aliphatic hydroxyl groups excluding tert-OH is 1. The van der Waals surface area contributed by atoms with Crippen molar-refractivity contribution in [2.45, 2.75) is 32.9 Å². The largest absolute Gasteiger partial charge is 0.394 e. The Hall–Kier alpha value is -2.67. The van der Waals surface area contributed by atoms with Crippen LogP contribution >= 0.6 is 0 Å². The topological polar surface area (TPSA) is 98.7 Å². The molecule has 0 unspecified atom stereocenters. The van der Waals surface area contributed by atoms with Crippen LogP contribution in [-0.4, -0.2) is 54.5 Å². The first kappa shape index (κ1) is 22.4. The lowest BCUT2D eigenvalue weighted by Gasteiger charge is -2.29. The SMILES string of the molecule is CC(=C[C@H](C(C)C)N(C)C(=O)CNC=O)C(=O)N[C@@H](CO)c1ccccc1. The minimum Gasteiger partial charge on any atom is -0.394 e. The summed E-state index contributed by atoms with van der Waals surface area (Å²) in [5, 5.41) is 14.8. The molecule has 0 aromatic heterocycles. The second kappa shape index (κ2) is 11.1. The van der Waals surface area contributed by atoms with Crippen LogP contribution in [0.1, 0.15) is 32.4 Å². The van der Waals surface area contributed by atoms with Crippen molar-refractivity contribution in [3.05, 3.63) is 47.5 Å². The third kappa shape index (κ3) is 6.86. The van der Waals surface area contributed by atoms with Gasteiger partial charge in [-0.1, -0.05) is 50.3 Å². The normalized spacial score (nSPS) is 13.6. The summed E-state index contributed by atoms with van der Waals surface area (Å²) < 4.78 is 0. The van der Waals surface area contributed by atoms with Crippen molar-refractivity contribution < 1.29 is 19.5 Å². The predicted molar refractivity (Wildman–Crippen MR) is 104 cm³/mol. The zero-order valence-corrected chi connectivity index (χ0v) is 16.3. The van der Waals surface area contributed by atoms with Crippen molar-refractivity contribution >= 4 is 18.2 Å². The molecule has 2 atom stereocenters. The van der Waals surface area contributed by atoms with E-state index in [1.165, 1.54) is 4.90 Å². The lowest BCUT2D eigenvalue weighted by atomic mass is 9.99. The highest BCUT2D eigenvalue weighted by atomic mass is 16.3. The lowest BCUT2D eigenvalue weighted by Crippen LogP contribution is -2.44. The summed E-state index contributed by atoms with van der Waals surface area (Å²) in [5.41, 5.74) is 1.26. The van der Waals surface area contributed by atoms with Gasteiger partial charge in [-0.15, -0.1) is 0 Å². The molecule has 0 radical (unpaired) electrons. The van der Waals surface area contributed by atoms with Gasteiger partial charge in [0.2, 0.25) is 18.2 Å². The third-order valence-electron chi connectivity index (χ3n) is 4.33. The van der Waals surface area contributed by atoms with Gasteiger partial charge < -0.3 is 20.6 Å². The zero-order chi connectivity index (χ0) is 20.4. The van der Waals surface area contributed by atoms with E-state index in [2.05, 4.69) is 10.6 Å². The van der Waals surface area contributed by atoms with Crippen molar-refractivity contribution in [3.8, 4) is 0 Å². The maximum Gasteiger partial charge on any atom is 0.247 e. The van der Waals surface area contributed by atoms with Crippen molar-refractivity contribution in [2.24, 2.45) is 5.92 Å². The average Bonchev–Trinajstić information content (AvgIpc) is 2.67. The number of nitrogens with zero attached hydrogens (tertiary/aromatic N) is 1. The van der Waals surface area contributed by atoms with Crippen molar-refractivity contribution in [2.75, 3.05) is 20.2 Å². The van der Waals surface area contributed by atoms with Gasteiger partial charge in [0.15, 0.2) is 0 Å². The van der Waals surface area contributed by atoms with E-state index in [1.54, 1.807) is 20.0 Å². The molecule has 7 nitrogen and oxygen atoms in total. The number of carbonyl (C=O) groups excluding carboxylic acids is 3. The Morgan fingerprint density at radius 3 is 2.37 bits per heavy atom. The molecule has 3 amide bonds. The first-order valence-corrected chi connectivity index (χ1v) is 8.89. The Balaban J connectivity index is 2.89. The minimum atomic E-state index is -0.504. The summed E-state index contributed by atoms with van der Waals surface area (Å²) in [6.07, 6.45) is 2.21. The Morgan fingerprint density at radius 2 is 1.85 bits per heavy atom. The second-order valence-electron chi connectivity index (χ2n) is 6.71. The van der Waals surface area contributed by atoms with Gasteiger partial charge in [0, 0.05) is 12.6 Å². The maximum absolute atomic E-state index is 12.6. The van der Waals surface area contributed by atoms with Gasteiger partial charge in [-0.05, 0) is 18.4 Å². The fraction of sp³-hybridized carbons (Fsp3) is 0.450. The molecule has 0 fully saturated rings. The molecule has 148 valence electrons. The molecule has 0 saturated carbocycles. The first-order chi connectivity index (χ1) is 12.8. The molecule has 0 aliphatic carbocycles. The lowest BCUT2D eigenvalue weighted by molar-refractivity contribution is -0.132. The Bertz CT molecular complexity index is 658. The molecule has 0 bridgehead atoms. The third-order valence-corrected chi connectivity index (χ3v) is 4.33. The van der Waals surface area contributed by atoms with E-state index in [9.17, 15) is 19.5 Å². The van der Waals surface area contributed by atoms with E-state index < -0.39 is 6.04 Å². The van der Waals surface area contributed by atoms with E-state index in [4.69, 9.17) is 0 Å². The van der Waals surface area contributed by atoms with Crippen molar-refractivity contribution in [1.29, 1.82) is 0 Å². The van der Waals surface area contributed by atoms with Crippen LogP contribution in [0.3, 0.4) is 0 Å². The summed E-state index contributed by atoms with van der Waals surface area (Å²) in [6.45, 7) is 5.26. The number of amides is 3. The molecule has 0 aliphatic heterocycles. The number of hydrogen-bond donors (Lipinski definition) is 3. The Kier molecular flexibility index (Phi) is 9.22. The summed E-state index contributed by atoms with van der Waals surface area (Å²) in [6, 6.07) is 8.42. The van der Waals surface area contributed by atoms with Gasteiger partial charge in [-0.2, -0.15) is 0 Å². The van der Waals surface area contributed by atoms with Crippen LogP contribution in [-0.2, 0) is 14.4 Å². The van der Waals surface area contributed by atoms with Crippen LogP contribution in [0.25, 0.3) is 0 Å². The average molecular weight is 375 g/mol. The first-order valence-electron chi connectivity index (χ1n) is 8.89. The van der Waals surface area contributed by atoms with Gasteiger partial charge >= 0.3 is 0 Å². The number of aliphatic hydroxyl groups is 1. The zero-order valence-electron chi connectivity index (χ0n) is 16.3. The van der Waals surface area contributed by atoms with Crippen LogP contribution in [0.2, 0.25) is 0 Å². The quantitative estimate of drug-likeness (QED) is 0.420. The van der Waals surface area contributed by atoms with E-state index in [-0.39, 0.29) is 36.9 Å². The molecule has 0 heterocycles. The number of likely N-dealkylation sites (N-methyl/N-ethyl adjacent to an activating group) is 1. The minimum absolute atomic E-state index is 0.0701.